The van der Waals surface area contributed by atoms with Gasteiger partial charge in [0.2, 0.25) is 0 Å². The smallest absolute Gasteiger partial charge is 0.254 e. The Morgan fingerprint density at radius 3 is 2.26 bits per heavy atom. The van der Waals surface area contributed by atoms with E-state index >= 15 is 0 Å². The third-order valence-electron chi connectivity index (χ3n) is 5.42. The van der Waals surface area contributed by atoms with Gasteiger partial charge >= 0.3 is 0 Å². The quantitative estimate of drug-likeness (QED) is 0.303. The van der Waals surface area contributed by atoms with Crippen LogP contribution in [-0.2, 0) is 19.6 Å². The molecule has 0 aliphatic carbocycles. The van der Waals surface area contributed by atoms with E-state index < -0.39 is 0 Å². The van der Waals surface area contributed by atoms with Gasteiger partial charge in [-0.05, 0) is 53.9 Å². The molecule has 1 heterocycles. The first kappa shape index (κ1) is 21.1. The van der Waals surface area contributed by atoms with Crippen LogP contribution in [0.25, 0.3) is 0 Å². The molecule has 0 unspecified atom stereocenters. The number of aryl methyl sites for hydroxylation is 1. The summed E-state index contributed by atoms with van der Waals surface area (Å²) in [6, 6.07) is 30.5. The van der Waals surface area contributed by atoms with Crippen molar-refractivity contribution in [3.63, 3.8) is 0 Å². The number of rotatable bonds is 7. The predicted molar refractivity (Wildman–Crippen MR) is 129 cm³/mol. The van der Waals surface area contributed by atoms with Crippen LogP contribution in [0.2, 0.25) is 0 Å². The average molecular weight is 473 g/mol. The number of halogens is 1. The molecule has 4 heteroatoms. The fourth-order valence-corrected chi connectivity index (χ4v) is 3.98. The van der Waals surface area contributed by atoms with Crippen molar-refractivity contribution in [2.24, 2.45) is 0 Å². The van der Waals surface area contributed by atoms with Gasteiger partial charge in [-0.3, -0.25) is 4.79 Å². The molecule has 0 aliphatic heterocycles. The molecule has 4 rings (SSSR count). The molecule has 4 aromatic rings. The molecular weight excluding hydrogens is 448 g/mol. The van der Waals surface area contributed by atoms with Crippen molar-refractivity contribution >= 4 is 21.8 Å². The van der Waals surface area contributed by atoms with Gasteiger partial charge in [0.05, 0.1) is 6.54 Å². The van der Waals surface area contributed by atoms with Crippen LogP contribution < -0.4 is 0 Å². The first-order chi connectivity index (χ1) is 15.1. The van der Waals surface area contributed by atoms with Crippen LogP contribution in [0.1, 0.15) is 32.7 Å². The molecule has 0 spiro atoms. The second-order valence-electron chi connectivity index (χ2n) is 7.72. The van der Waals surface area contributed by atoms with Crippen molar-refractivity contribution in [2.45, 2.75) is 26.6 Å². The van der Waals surface area contributed by atoms with Crippen LogP contribution in [0.4, 0.5) is 0 Å². The Labute approximate surface area is 192 Å². The van der Waals surface area contributed by atoms with Crippen LogP contribution in [0.5, 0.6) is 0 Å². The van der Waals surface area contributed by atoms with Crippen LogP contribution in [0, 0.1) is 6.92 Å². The predicted octanol–water partition coefficient (Wildman–Crippen LogP) is 6.45. The highest BCUT2D eigenvalue weighted by molar-refractivity contribution is 9.10. The van der Waals surface area contributed by atoms with Crippen molar-refractivity contribution in [2.75, 3.05) is 0 Å². The van der Waals surface area contributed by atoms with Gasteiger partial charge in [0.15, 0.2) is 0 Å². The molecule has 31 heavy (non-hydrogen) atoms. The van der Waals surface area contributed by atoms with Crippen LogP contribution in [0.3, 0.4) is 0 Å². The SMILES string of the molecule is Cc1ccccc1C(=O)N(Cc1ccccc1)Cc1cccn1Cc1ccc(Br)cc1. The number of benzene rings is 3. The number of carbonyl (C=O) groups excluding carboxylic acids is 1. The van der Waals surface area contributed by atoms with Crippen LogP contribution in [0.15, 0.2) is 102 Å². The number of amides is 1. The summed E-state index contributed by atoms with van der Waals surface area (Å²) in [5.74, 6) is 0.0540. The highest BCUT2D eigenvalue weighted by Crippen LogP contribution is 2.19. The zero-order valence-corrected chi connectivity index (χ0v) is 19.1. The van der Waals surface area contributed by atoms with Gasteiger partial charge in [0.1, 0.15) is 0 Å². The van der Waals surface area contributed by atoms with Gasteiger partial charge < -0.3 is 9.47 Å². The fraction of sp³-hybridized carbons (Fsp3) is 0.148. The number of hydrogen-bond donors (Lipinski definition) is 0. The second kappa shape index (κ2) is 9.80. The van der Waals surface area contributed by atoms with E-state index in [-0.39, 0.29) is 5.91 Å². The van der Waals surface area contributed by atoms with Crippen LogP contribution in [-0.4, -0.2) is 15.4 Å². The monoisotopic (exact) mass is 472 g/mol. The second-order valence-corrected chi connectivity index (χ2v) is 8.63. The highest BCUT2D eigenvalue weighted by atomic mass is 79.9. The molecule has 0 saturated heterocycles. The molecule has 0 bridgehead atoms. The third kappa shape index (κ3) is 5.33. The van der Waals surface area contributed by atoms with Crippen LogP contribution >= 0.6 is 15.9 Å². The normalized spacial score (nSPS) is 10.8. The minimum absolute atomic E-state index is 0.0540. The van der Waals surface area contributed by atoms with Gasteiger partial charge in [-0.25, -0.2) is 0 Å². The summed E-state index contributed by atoms with van der Waals surface area (Å²) in [4.78, 5) is 15.5. The number of carbonyl (C=O) groups is 1. The number of nitrogens with zero attached hydrogens (tertiary/aromatic N) is 2. The van der Waals surface area contributed by atoms with Crippen molar-refractivity contribution in [1.82, 2.24) is 9.47 Å². The fourth-order valence-electron chi connectivity index (χ4n) is 3.72. The van der Waals surface area contributed by atoms with Crippen molar-refractivity contribution in [1.29, 1.82) is 0 Å². The Morgan fingerprint density at radius 2 is 1.52 bits per heavy atom. The Balaban J connectivity index is 1.61. The van der Waals surface area contributed by atoms with Gasteiger partial charge in [0, 0.05) is 35.0 Å². The minimum Gasteiger partial charge on any atom is -0.345 e. The minimum atomic E-state index is 0.0540. The van der Waals surface area contributed by atoms with Gasteiger partial charge in [-0.1, -0.05) is 76.6 Å². The van der Waals surface area contributed by atoms with Gasteiger partial charge in [-0.2, -0.15) is 0 Å². The maximum atomic E-state index is 13.5. The Hall–Kier alpha value is -3.11. The molecule has 0 aliphatic rings. The number of hydrogen-bond acceptors (Lipinski definition) is 1. The largest absolute Gasteiger partial charge is 0.345 e. The maximum Gasteiger partial charge on any atom is 0.254 e. The molecule has 0 saturated carbocycles. The lowest BCUT2D eigenvalue weighted by molar-refractivity contribution is 0.0725. The lowest BCUT2D eigenvalue weighted by Gasteiger charge is -2.25. The summed E-state index contributed by atoms with van der Waals surface area (Å²) < 4.78 is 3.29. The van der Waals surface area contributed by atoms with Crippen molar-refractivity contribution in [3.05, 3.63) is 130 Å². The summed E-state index contributed by atoms with van der Waals surface area (Å²) in [7, 11) is 0. The molecule has 0 N–H and O–H groups in total. The lowest BCUT2D eigenvalue weighted by atomic mass is 10.1. The van der Waals surface area contributed by atoms with E-state index in [1.54, 1.807) is 0 Å². The summed E-state index contributed by atoms with van der Waals surface area (Å²) in [6.07, 6.45) is 2.08. The molecule has 156 valence electrons. The first-order valence-electron chi connectivity index (χ1n) is 10.4. The molecule has 3 nitrogen and oxygen atoms in total. The molecule has 1 aromatic heterocycles. The van der Waals surface area contributed by atoms with Crippen molar-refractivity contribution in [3.8, 4) is 0 Å². The standard InChI is InChI=1S/C27H25BrN2O/c1-21-8-5-6-12-26(21)27(31)30(19-22-9-3-2-4-10-22)20-25-11-7-17-29(25)18-23-13-15-24(28)16-14-23/h2-17H,18-20H2,1H3. The van der Waals surface area contributed by atoms with Crippen molar-refractivity contribution < 1.29 is 4.79 Å². The summed E-state index contributed by atoms with van der Waals surface area (Å²) in [5, 5.41) is 0. The Kier molecular flexibility index (Phi) is 6.68. The maximum absolute atomic E-state index is 13.5. The van der Waals surface area contributed by atoms with Gasteiger partial charge in [0.25, 0.3) is 5.91 Å². The molecule has 3 aromatic carbocycles. The first-order valence-corrected chi connectivity index (χ1v) is 11.2. The Morgan fingerprint density at radius 1 is 0.806 bits per heavy atom. The lowest BCUT2D eigenvalue weighted by Crippen LogP contribution is -2.31. The summed E-state index contributed by atoms with van der Waals surface area (Å²) >= 11 is 3.50. The van der Waals surface area contributed by atoms with Gasteiger partial charge in [-0.15, -0.1) is 0 Å². The third-order valence-corrected chi connectivity index (χ3v) is 5.95. The van der Waals surface area contributed by atoms with E-state index in [1.807, 2.05) is 60.4 Å². The van der Waals surface area contributed by atoms with E-state index in [1.165, 1.54) is 5.56 Å². The highest BCUT2D eigenvalue weighted by Gasteiger charge is 2.19. The zero-order valence-electron chi connectivity index (χ0n) is 17.5. The van der Waals surface area contributed by atoms with E-state index in [0.717, 1.165) is 33.4 Å². The van der Waals surface area contributed by atoms with E-state index in [2.05, 4.69) is 69.2 Å². The summed E-state index contributed by atoms with van der Waals surface area (Å²) in [6.45, 7) is 3.88. The molecular formula is C27H25BrN2O. The molecule has 0 fully saturated rings. The topological polar surface area (TPSA) is 25.2 Å². The average Bonchev–Trinajstić information content (AvgIpc) is 3.22. The molecule has 0 radical (unpaired) electrons. The van der Waals surface area contributed by atoms with E-state index in [4.69, 9.17) is 0 Å². The zero-order chi connectivity index (χ0) is 21.6. The van der Waals surface area contributed by atoms with E-state index in [9.17, 15) is 4.79 Å². The Bertz CT molecular complexity index is 1150. The van der Waals surface area contributed by atoms with E-state index in [0.29, 0.717) is 13.1 Å². The molecule has 0 atom stereocenters. The summed E-state index contributed by atoms with van der Waals surface area (Å²) in [5.41, 5.74) is 5.21. The number of aromatic nitrogens is 1. The molecule has 1 amide bonds.